The number of hydrogen-bond acceptors (Lipinski definition) is 5. The van der Waals surface area contributed by atoms with E-state index in [0.29, 0.717) is 11.8 Å². The van der Waals surface area contributed by atoms with Crippen LogP contribution < -0.4 is 0 Å². The molecule has 4 aliphatic carbocycles. The number of alkyl halides is 1. The average molecular weight is 477 g/mol. The Labute approximate surface area is 185 Å². The minimum absolute atomic E-state index is 0.0471. The molecule has 4 fully saturated rings. The van der Waals surface area contributed by atoms with Crippen LogP contribution in [0, 0.1) is 28.6 Å². The van der Waals surface area contributed by atoms with Gasteiger partial charge in [-0.15, -0.1) is 0 Å². The van der Waals surface area contributed by atoms with Crippen LogP contribution in [0.3, 0.4) is 0 Å². The van der Waals surface area contributed by atoms with Gasteiger partial charge in [-0.3, -0.25) is 14.4 Å². The summed E-state index contributed by atoms with van der Waals surface area (Å²) in [6.07, 6.45) is 9.26. The van der Waals surface area contributed by atoms with Crippen molar-refractivity contribution in [3.05, 3.63) is 23.8 Å². The Morgan fingerprint density at radius 2 is 2.03 bits per heavy atom. The molecule has 5 nitrogen and oxygen atoms in total. The van der Waals surface area contributed by atoms with Crippen molar-refractivity contribution < 1.29 is 23.9 Å². The lowest BCUT2D eigenvalue weighted by molar-refractivity contribution is -0.148. The van der Waals surface area contributed by atoms with Crippen molar-refractivity contribution >= 4 is 33.5 Å². The second-order valence-electron chi connectivity index (χ2n) is 10.4. The van der Waals surface area contributed by atoms with Gasteiger partial charge in [0.1, 0.15) is 5.60 Å². The number of carbonyl (C=O) groups is 3. The van der Waals surface area contributed by atoms with E-state index in [9.17, 15) is 14.4 Å². The Bertz CT molecular complexity index is 923. The molecule has 1 spiro atoms. The first-order chi connectivity index (χ1) is 14.0. The molecule has 162 valence electrons. The summed E-state index contributed by atoms with van der Waals surface area (Å²) in [6, 6.07) is 0. The van der Waals surface area contributed by atoms with Crippen molar-refractivity contribution in [1.82, 2.24) is 0 Å². The topological polar surface area (TPSA) is 73.0 Å². The average Bonchev–Trinajstić information content (AvgIpc) is 3.36. The maximum absolute atomic E-state index is 13.3. The summed E-state index contributed by atoms with van der Waals surface area (Å²) in [4.78, 5) is 36.6. The van der Waals surface area contributed by atoms with Gasteiger partial charge in [-0.2, -0.15) is 0 Å². The summed E-state index contributed by atoms with van der Waals surface area (Å²) in [7, 11) is 0. The first kappa shape index (κ1) is 20.6. The summed E-state index contributed by atoms with van der Waals surface area (Å²) in [5, 5.41) is 0. The second-order valence-corrected chi connectivity index (χ2v) is 11.7. The molecule has 30 heavy (non-hydrogen) atoms. The Morgan fingerprint density at radius 1 is 1.30 bits per heavy atom. The predicted octanol–water partition coefficient (Wildman–Crippen LogP) is 3.94. The van der Waals surface area contributed by atoms with Crippen molar-refractivity contribution in [2.75, 3.05) is 6.61 Å². The lowest BCUT2D eigenvalue weighted by Gasteiger charge is -2.55. The number of Topliss-reactive ketones (excluding diaryl/α,β-unsaturated/α-hetero) is 1. The van der Waals surface area contributed by atoms with Crippen molar-refractivity contribution in [3.63, 3.8) is 0 Å². The molecule has 0 bridgehead atoms. The lowest BCUT2D eigenvalue weighted by atomic mass is 9.47. The monoisotopic (exact) mass is 476 g/mol. The number of halogens is 1. The summed E-state index contributed by atoms with van der Waals surface area (Å²) in [5.74, 6) is 0.395. The van der Waals surface area contributed by atoms with Crippen molar-refractivity contribution in [2.45, 2.75) is 69.4 Å². The largest absolute Gasteiger partial charge is 0.458 e. The normalized spacial score (nSPS) is 50.6. The van der Waals surface area contributed by atoms with E-state index in [1.165, 1.54) is 12.5 Å². The van der Waals surface area contributed by atoms with Crippen LogP contribution in [0.25, 0.3) is 0 Å². The van der Waals surface area contributed by atoms with Crippen LogP contribution in [0.4, 0.5) is 0 Å². The van der Waals surface area contributed by atoms with E-state index in [4.69, 9.17) is 9.47 Å². The van der Waals surface area contributed by atoms with Crippen LogP contribution in [0.15, 0.2) is 23.8 Å². The molecule has 8 atom stereocenters. The molecule has 1 heterocycles. The van der Waals surface area contributed by atoms with Crippen LogP contribution in [0.5, 0.6) is 0 Å². The number of epoxide rings is 1. The van der Waals surface area contributed by atoms with E-state index in [2.05, 4.69) is 42.8 Å². The molecule has 0 aromatic rings. The Morgan fingerprint density at radius 3 is 2.73 bits per heavy atom. The van der Waals surface area contributed by atoms with E-state index in [0.717, 1.165) is 25.7 Å². The molecule has 0 radical (unpaired) electrons. The fourth-order valence-corrected chi connectivity index (χ4v) is 8.58. The van der Waals surface area contributed by atoms with Gasteiger partial charge in [0.2, 0.25) is 0 Å². The van der Waals surface area contributed by atoms with Gasteiger partial charge in [0, 0.05) is 12.3 Å². The van der Waals surface area contributed by atoms with Gasteiger partial charge in [-0.25, -0.2) is 0 Å². The number of allylic oxidation sites excluding steroid dienone is 2. The molecule has 0 aromatic heterocycles. The zero-order valence-electron chi connectivity index (χ0n) is 18.0. The zero-order valence-corrected chi connectivity index (χ0v) is 19.6. The van der Waals surface area contributed by atoms with E-state index < -0.39 is 10.3 Å². The number of rotatable bonds is 3. The summed E-state index contributed by atoms with van der Waals surface area (Å²) < 4.78 is 10.9. The molecule has 6 heteroatoms. The van der Waals surface area contributed by atoms with Crippen LogP contribution >= 0.6 is 15.9 Å². The zero-order chi connectivity index (χ0) is 21.7. The predicted molar refractivity (Wildman–Crippen MR) is 114 cm³/mol. The third kappa shape index (κ3) is 2.25. The van der Waals surface area contributed by atoms with E-state index in [1.807, 2.05) is 6.08 Å². The first-order valence-electron chi connectivity index (χ1n) is 11.0. The Kier molecular flexibility index (Phi) is 4.23. The number of fused-ring (bicyclic) bond motifs is 3. The maximum atomic E-state index is 13.3. The third-order valence-corrected chi connectivity index (χ3v) is 11.4. The van der Waals surface area contributed by atoms with Crippen LogP contribution in [0.1, 0.15) is 53.4 Å². The summed E-state index contributed by atoms with van der Waals surface area (Å²) in [6.45, 7) is 7.73. The van der Waals surface area contributed by atoms with E-state index in [1.54, 1.807) is 6.08 Å². The highest BCUT2D eigenvalue weighted by molar-refractivity contribution is 9.10. The highest BCUT2D eigenvalue weighted by Crippen LogP contribution is 2.77. The number of esters is 1. The molecular weight excluding hydrogens is 448 g/mol. The number of ketones is 2. The summed E-state index contributed by atoms with van der Waals surface area (Å²) in [5.41, 5.74) is 0.401. The van der Waals surface area contributed by atoms with Crippen molar-refractivity contribution in [2.24, 2.45) is 28.6 Å². The number of carbonyl (C=O) groups excluding carboxylic acids is 3. The second kappa shape index (κ2) is 6.16. The molecular formula is C24H29BrO5. The summed E-state index contributed by atoms with van der Waals surface area (Å²) >= 11 is 3.91. The third-order valence-electron chi connectivity index (χ3n) is 9.25. The molecule has 1 aliphatic heterocycles. The highest BCUT2D eigenvalue weighted by Gasteiger charge is 2.81. The smallest absolute Gasteiger partial charge is 0.303 e. The molecule has 3 saturated carbocycles. The molecule has 0 N–H and O–H groups in total. The maximum Gasteiger partial charge on any atom is 0.303 e. The van der Waals surface area contributed by atoms with Crippen molar-refractivity contribution in [3.8, 4) is 0 Å². The first-order valence-corrected chi connectivity index (χ1v) is 11.8. The Balaban J connectivity index is 1.52. The quantitative estimate of drug-likeness (QED) is 0.350. The fourth-order valence-electron chi connectivity index (χ4n) is 7.82. The molecule has 5 aliphatic rings. The molecule has 0 amide bonds. The molecule has 3 unspecified atom stereocenters. The van der Waals surface area contributed by atoms with Gasteiger partial charge < -0.3 is 9.47 Å². The van der Waals surface area contributed by atoms with Gasteiger partial charge in [-0.05, 0) is 67.9 Å². The van der Waals surface area contributed by atoms with Gasteiger partial charge in [0.05, 0.1) is 10.4 Å². The molecule has 5 rings (SSSR count). The van der Waals surface area contributed by atoms with E-state index in [-0.39, 0.29) is 46.6 Å². The van der Waals surface area contributed by atoms with Crippen LogP contribution in [0.2, 0.25) is 0 Å². The van der Waals surface area contributed by atoms with Crippen LogP contribution in [-0.2, 0) is 23.9 Å². The van der Waals surface area contributed by atoms with Gasteiger partial charge in [0.25, 0.3) is 0 Å². The minimum Gasteiger partial charge on any atom is -0.458 e. The lowest BCUT2D eigenvalue weighted by Crippen LogP contribution is -2.60. The van der Waals surface area contributed by atoms with E-state index >= 15 is 0 Å². The fraction of sp³-hybridized carbons (Fsp3) is 0.708. The number of hydrogen-bond donors (Lipinski definition) is 0. The van der Waals surface area contributed by atoms with Crippen molar-refractivity contribution in [1.29, 1.82) is 0 Å². The van der Waals surface area contributed by atoms with Crippen LogP contribution in [-0.4, -0.2) is 40.2 Å². The standard InChI is InChI=1S/C24H29BrO5/c1-13-9-18-17-6-5-15-10-16(27)7-8-21(15,3)24(17)20(30-24)11-22(18,4)23(13,25)19(28)12-29-14(2)26/h7-8,10,13,17-18,20H,5-6,9,11-12H2,1-4H3/t13-,17?,18+,20?,21+,22+,23+,24?/m1/s1. The minimum atomic E-state index is -0.729. The Hall–Kier alpha value is -1.27. The SMILES string of the molecule is CC(=O)OCC(=O)[C@@]1(Br)[C@H](C)C[C@H]2C3CCC4=CC(=O)C=C[C@]4(C)C34OC4C[C@@]21C. The molecule has 0 aromatic carbocycles. The highest BCUT2D eigenvalue weighted by atomic mass is 79.9. The van der Waals surface area contributed by atoms with Gasteiger partial charge >= 0.3 is 5.97 Å². The van der Waals surface area contributed by atoms with Gasteiger partial charge in [-0.1, -0.05) is 41.4 Å². The molecule has 1 saturated heterocycles. The van der Waals surface area contributed by atoms with Gasteiger partial charge in [0.15, 0.2) is 18.2 Å². The number of ether oxygens (including phenoxy) is 2.